The van der Waals surface area contributed by atoms with Gasteiger partial charge in [0.2, 0.25) is 5.88 Å². The predicted octanol–water partition coefficient (Wildman–Crippen LogP) is 3.72. The quantitative estimate of drug-likeness (QED) is 0.790. The van der Waals surface area contributed by atoms with Gasteiger partial charge in [-0.05, 0) is 35.9 Å². The van der Waals surface area contributed by atoms with Crippen LogP contribution in [0.2, 0.25) is 5.02 Å². The number of aromatic nitrogens is 2. The molecule has 3 rings (SSSR count). The molecule has 0 radical (unpaired) electrons. The van der Waals surface area contributed by atoms with Gasteiger partial charge in [-0.2, -0.15) is 4.98 Å². The van der Waals surface area contributed by atoms with Crippen molar-refractivity contribution in [2.45, 2.75) is 6.92 Å². The lowest BCUT2D eigenvalue weighted by atomic mass is 10.1. The van der Waals surface area contributed by atoms with Gasteiger partial charge in [-0.25, -0.2) is 9.78 Å². The normalized spacial score (nSPS) is 10.7. The third-order valence-corrected chi connectivity index (χ3v) is 3.47. The van der Waals surface area contributed by atoms with E-state index in [1.54, 1.807) is 13.0 Å². The number of fused-ring (bicyclic) bond motifs is 1. The fourth-order valence-corrected chi connectivity index (χ4v) is 2.41. The molecule has 23 heavy (non-hydrogen) atoms. The van der Waals surface area contributed by atoms with Gasteiger partial charge in [-0.1, -0.05) is 29.8 Å². The number of halogens is 1. The van der Waals surface area contributed by atoms with Gasteiger partial charge in [-0.3, -0.25) is 0 Å². The molecule has 0 saturated carbocycles. The van der Waals surface area contributed by atoms with Gasteiger partial charge in [0, 0.05) is 22.3 Å². The van der Waals surface area contributed by atoms with E-state index in [-0.39, 0.29) is 5.88 Å². The van der Waals surface area contributed by atoms with Crippen LogP contribution in [0, 0.1) is 6.92 Å². The molecule has 3 aromatic rings. The molecule has 0 unspecified atom stereocenters. The second-order valence-electron chi connectivity index (χ2n) is 5.06. The van der Waals surface area contributed by atoms with Gasteiger partial charge in [0.25, 0.3) is 0 Å². The first-order valence-corrected chi connectivity index (χ1v) is 7.29. The van der Waals surface area contributed by atoms with Gasteiger partial charge >= 0.3 is 5.97 Å². The number of carboxylic acids is 1. The van der Waals surface area contributed by atoms with E-state index in [2.05, 4.69) is 9.97 Å². The molecule has 6 heteroatoms. The van der Waals surface area contributed by atoms with Crippen LogP contribution in [0.25, 0.3) is 22.2 Å². The number of carboxylic acid groups (broad SMARTS) is 1. The van der Waals surface area contributed by atoms with Gasteiger partial charge in [0.15, 0.2) is 12.4 Å². The Morgan fingerprint density at radius 1 is 1.13 bits per heavy atom. The number of rotatable bonds is 4. The van der Waals surface area contributed by atoms with E-state index in [1.165, 1.54) is 0 Å². The minimum Gasteiger partial charge on any atom is -0.479 e. The Bertz CT molecular complexity index is 896. The zero-order valence-corrected chi connectivity index (χ0v) is 13.0. The monoisotopic (exact) mass is 328 g/mol. The maximum absolute atomic E-state index is 10.6. The standard InChI is InChI=1S/C17H13ClN2O3/c1-10-6-15(23-9-16(21)22)20-17(19-10)13-3-2-12-8-14(18)5-4-11(12)7-13/h2-8H,9H2,1H3,(H,21,22). The molecule has 0 saturated heterocycles. The summed E-state index contributed by atoms with van der Waals surface area (Å²) in [6.45, 7) is 1.37. The van der Waals surface area contributed by atoms with Gasteiger partial charge in [-0.15, -0.1) is 0 Å². The van der Waals surface area contributed by atoms with Crippen molar-refractivity contribution in [2.75, 3.05) is 6.61 Å². The van der Waals surface area contributed by atoms with E-state index in [0.717, 1.165) is 16.3 Å². The average molecular weight is 329 g/mol. The second kappa shape index (κ2) is 6.22. The van der Waals surface area contributed by atoms with Crippen LogP contribution in [0.3, 0.4) is 0 Å². The number of hydrogen-bond acceptors (Lipinski definition) is 4. The smallest absolute Gasteiger partial charge is 0.341 e. The van der Waals surface area contributed by atoms with Crippen LogP contribution in [0.1, 0.15) is 5.69 Å². The van der Waals surface area contributed by atoms with Crippen molar-refractivity contribution < 1.29 is 14.6 Å². The minimum absolute atomic E-state index is 0.242. The fourth-order valence-electron chi connectivity index (χ4n) is 2.23. The van der Waals surface area contributed by atoms with Crippen molar-refractivity contribution in [3.8, 4) is 17.3 Å². The van der Waals surface area contributed by atoms with Crippen LogP contribution in [0.15, 0.2) is 42.5 Å². The lowest BCUT2D eigenvalue weighted by Crippen LogP contribution is -2.11. The molecular weight excluding hydrogens is 316 g/mol. The third kappa shape index (κ3) is 3.57. The van der Waals surface area contributed by atoms with Gasteiger partial charge < -0.3 is 9.84 Å². The highest BCUT2D eigenvalue weighted by atomic mass is 35.5. The lowest BCUT2D eigenvalue weighted by Gasteiger charge is -2.07. The van der Waals surface area contributed by atoms with Gasteiger partial charge in [0.1, 0.15) is 0 Å². The summed E-state index contributed by atoms with van der Waals surface area (Å²) in [5, 5.41) is 11.4. The SMILES string of the molecule is Cc1cc(OCC(=O)O)nc(-c2ccc3cc(Cl)ccc3c2)n1. The largest absolute Gasteiger partial charge is 0.479 e. The Kier molecular flexibility index (Phi) is 4.12. The van der Waals surface area contributed by atoms with E-state index >= 15 is 0 Å². The molecule has 0 atom stereocenters. The molecule has 1 N–H and O–H groups in total. The molecular formula is C17H13ClN2O3. The van der Waals surface area contributed by atoms with Crippen LogP contribution in [0.5, 0.6) is 5.88 Å². The minimum atomic E-state index is -1.05. The molecule has 2 aromatic carbocycles. The first-order valence-electron chi connectivity index (χ1n) is 6.91. The third-order valence-electron chi connectivity index (χ3n) is 3.23. The molecule has 0 bridgehead atoms. The molecule has 5 nitrogen and oxygen atoms in total. The number of benzene rings is 2. The molecule has 0 aliphatic carbocycles. The Labute approximate surface area is 137 Å². The summed E-state index contributed by atoms with van der Waals surface area (Å²) in [4.78, 5) is 19.3. The summed E-state index contributed by atoms with van der Waals surface area (Å²) in [7, 11) is 0. The summed E-state index contributed by atoms with van der Waals surface area (Å²) < 4.78 is 5.15. The van der Waals surface area contributed by atoms with E-state index in [4.69, 9.17) is 21.4 Å². The van der Waals surface area contributed by atoms with Crippen LogP contribution >= 0.6 is 11.6 Å². The number of ether oxygens (including phenoxy) is 1. The average Bonchev–Trinajstić information content (AvgIpc) is 2.52. The highest BCUT2D eigenvalue weighted by Gasteiger charge is 2.08. The van der Waals surface area contributed by atoms with Crippen LogP contribution in [-0.4, -0.2) is 27.7 Å². The van der Waals surface area contributed by atoms with Crippen molar-refractivity contribution in [1.29, 1.82) is 0 Å². The van der Waals surface area contributed by atoms with Crippen molar-refractivity contribution in [2.24, 2.45) is 0 Å². The summed E-state index contributed by atoms with van der Waals surface area (Å²) in [5.41, 5.74) is 1.52. The number of hydrogen-bond donors (Lipinski definition) is 1. The summed E-state index contributed by atoms with van der Waals surface area (Å²) in [6.07, 6.45) is 0. The number of aryl methyl sites for hydroxylation is 1. The maximum atomic E-state index is 10.6. The summed E-state index contributed by atoms with van der Waals surface area (Å²) in [5.74, 6) is -0.321. The number of carbonyl (C=O) groups is 1. The summed E-state index contributed by atoms with van der Waals surface area (Å²) in [6, 6.07) is 13.0. The van der Waals surface area contributed by atoms with Gasteiger partial charge in [0.05, 0.1) is 0 Å². The lowest BCUT2D eigenvalue weighted by molar-refractivity contribution is -0.139. The Balaban J connectivity index is 2.00. The highest BCUT2D eigenvalue weighted by Crippen LogP contribution is 2.25. The van der Waals surface area contributed by atoms with Crippen molar-refractivity contribution >= 4 is 28.3 Å². The zero-order valence-electron chi connectivity index (χ0n) is 12.3. The number of aliphatic carboxylic acids is 1. The molecule has 0 fully saturated rings. The molecule has 0 aliphatic rings. The molecule has 0 aliphatic heterocycles. The van der Waals surface area contributed by atoms with E-state index in [1.807, 2.05) is 36.4 Å². The van der Waals surface area contributed by atoms with Crippen LogP contribution < -0.4 is 4.74 Å². The first kappa shape index (κ1) is 15.2. The Morgan fingerprint density at radius 2 is 1.87 bits per heavy atom. The zero-order chi connectivity index (χ0) is 16.4. The molecule has 116 valence electrons. The molecule has 1 aromatic heterocycles. The molecule has 0 amide bonds. The fraction of sp³-hybridized carbons (Fsp3) is 0.118. The first-order chi connectivity index (χ1) is 11.0. The Hall–Kier alpha value is -2.66. The summed E-state index contributed by atoms with van der Waals surface area (Å²) >= 11 is 5.99. The highest BCUT2D eigenvalue weighted by molar-refractivity contribution is 6.31. The van der Waals surface area contributed by atoms with Crippen molar-refractivity contribution in [3.63, 3.8) is 0 Å². The Morgan fingerprint density at radius 3 is 2.65 bits per heavy atom. The van der Waals surface area contributed by atoms with Crippen molar-refractivity contribution in [1.82, 2.24) is 9.97 Å². The van der Waals surface area contributed by atoms with Crippen molar-refractivity contribution in [3.05, 3.63) is 53.2 Å². The molecule has 0 spiro atoms. The topological polar surface area (TPSA) is 72.3 Å². The van der Waals surface area contributed by atoms with E-state index < -0.39 is 12.6 Å². The molecule has 1 heterocycles. The van der Waals surface area contributed by atoms with E-state index in [9.17, 15) is 4.79 Å². The van der Waals surface area contributed by atoms with Crippen LogP contribution in [0.4, 0.5) is 0 Å². The second-order valence-corrected chi connectivity index (χ2v) is 5.50. The predicted molar refractivity (Wildman–Crippen MR) is 87.9 cm³/mol. The maximum Gasteiger partial charge on any atom is 0.341 e. The number of nitrogens with zero attached hydrogens (tertiary/aromatic N) is 2. The van der Waals surface area contributed by atoms with E-state index in [0.29, 0.717) is 16.5 Å². The van der Waals surface area contributed by atoms with Crippen LogP contribution in [-0.2, 0) is 4.79 Å².